The Labute approximate surface area is 181 Å². The van der Waals surface area contributed by atoms with Crippen molar-refractivity contribution in [3.8, 4) is 17.1 Å². The number of alkyl halides is 3. The summed E-state index contributed by atoms with van der Waals surface area (Å²) in [6.45, 7) is 3.81. The third-order valence-electron chi connectivity index (χ3n) is 6.04. The molecular formula is C22H24F4N4O2. The van der Waals surface area contributed by atoms with Crippen molar-refractivity contribution in [3.05, 3.63) is 40.3 Å². The lowest BCUT2D eigenvalue weighted by atomic mass is 9.87. The first-order chi connectivity index (χ1) is 15.1. The smallest absolute Gasteiger partial charge is 0.391 e. The number of halogens is 4. The van der Waals surface area contributed by atoms with Gasteiger partial charge >= 0.3 is 6.18 Å². The van der Waals surface area contributed by atoms with Crippen molar-refractivity contribution in [2.24, 2.45) is 13.0 Å². The summed E-state index contributed by atoms with van der Waals surface area (Å²) in [5.74, 6) is -2.16. The molecule has 4 rings (SSSR count). The number of ether oxygens (including phenoxy) is 1. The van der Waals surface area contributed by atoms with Gasteiger partial charge in [0.25, 0.3) is 11.4 Å². The van der Waals surface area contributed by atoms with Crippen molar-refractivity contribution >= 4 is 11.0 Å². The van der Waals surface area contributed by atoms with Crippen molar-refractivity contribution in [3.63, 3.8) is 0 Å². The van der Waals surface area contributed by atoms with Crippen LogP contribution in [0.25, 0.3) is 22.3 Å². The molecule has 1 fully saturated rings. The summed E-state index contributed by atoms with van der Waals surface area (Å²) in [6.07, 6.45) is -2.85. The van der Waals surface area contributed by atoms with Gasteiger partial charge in [0.1, 0.15) is 17.6 Å². The average molecular weight is 452 g/mol. The molecule has 0 unspecified atom stereocenters. The summed E-state index contributed by atoms with van der Waals surface area (Å²) in [6, 6.07) is 3.14. The number of aromatic nitrogens is 4. The lowest BCUT2D eigenvalue weighted by Crippen LogP contribution is -2.32. The second kappa shape index (κ2) is 8.22. The van der Waals surface area contributed by atoms with Crippen LogP contribution < -0.4 is 10.3 Å². The Morgan fingerprint density at radius 3 is 2.47 bits per heavy atom. The minimum atomic E-state index is -4.22. The second-order valence-electron chi connectivity index (χ2n) is 8.18. The maximum absolute atomic E-state index is 15.5. The zero-order valence-electron chi connectivity index (χ0n) is 18.0. The number of aryl methyl sites for hydroxylation is 3. The van der Waals surface area contributed by atoms with Gasteiger partial charge in [0.05, 0.1) is 17.0 Å². The van der Waals surface area contributed by atoms with E-state index in [2.05, 4.69) is 9.97 Å². The van der Waals surface area contributed by atoms with Crippen LogP contribution in [0.3, 0.4) is 0 Å². The number of rotatable bonds is 4. The normalized spacial score (nSPS) is 19.5. The molecule has 6 nitrogen and oxygen atoms in total. The number of hydrogen-bond donors (Lipinski definition) is 0. The van der Waals surface area contributed by atoms with E-state index in [1.165, 1.54) is 6.07 Å². The van der Waals surface area contributed by atoms with Crippen LogP contribution in [0.15, 0.2) is 23.1 Å². The van der Waals surface area contributed by atoms with Crippen LogP contribution in [0.4, 0.5) is 17.6 Å². The molecular weight excluding hydrogens is 428 g/mol. The molecule has 1 saturated carbocycles. The Kier molecular flexibility index (Phi) is 5.72. The van der Waals surface area contributed by atoms with E-state index in [-0.39, 0.29) is 48.6 Å². The van der Waals surface area contributed by atoms with Gasteiger partial charge in [0, 0.05) is 31.4 Å². The van der Waals surface area contributed by atoms with Gasteiger partial charge in [-0.2, -0.15) is 22.5 Å². The number of fused-ring (bicyclic) bond motifs is 1. The minimum Gasteiger partial charge on any atom is -0.472 e. The second-order valence-corrected chi connectivity index (χ2v) is 8.18. The predicted molar refractivity (Wildman–Crippen MR) is 111 cm³/mol. The molecule has 0 bridgehead atoms. The first kappa shape index (κ1) is 22.3. The molecule has 32 heavy (non-hydrogen) atoms. The first-order valence-corrected chi connectivity index (χ1v) is 10.6. The molecule has 172 valence electrons. The molecule has 1 aliphatic carbocycles. The van der Waals surface area contributed by atoms with Gasteiger partial charge in [-0.1, -0.05) is 0 Å². The Morgan fingerprint density at radius 2 is 1.84 bits per heavy atom. The number of pyridine rings is 1. The van der Waals surface area contributed by atoms with E-state index in [1.54, 1.807) is 35.4 Å². The summed E-state index contributed by atoms with van der Waals surface area (Å²) < 4.78 is 63.3. The predicted octanol–water partition coefficient (Wildman–Crippen LogP) is 4.76. The van der Waals surface area contributed by atoms with Crippen molar-refractivity contribution < 1.29 is 22.3 Å². The summed E-state index contributed by atoms with van der Waals surface area (Å²) in [7, 11) is 1.79. The van der Waals surface area contributed by atoms with Gasteiger partial charge in [-0.05, 0) is 45.6 Å². The lowest BCUT2D eigenvalue weighted by Gasteiger charge is -2.30. The third kappa shape index (κ3) is 3.98. The van der Waals surface area contributed by atoms with E-state index in [0.717, 1.165) is 5.52 Å². The zero-order chi connectivity index (χ0) is 23.2. The third-order valence-corrected chi connectivity index (χ3v) is 6.04. The molecule has 0 amide bonds. The van der Waals surface area contributed by atoms with Crippen LogP contribution in [-0.2, 0) is 13.6 Å². The fourth-order valence-corrected chi connectivity index (χ4v) is 4.40. The molecule has 0 aliphatic heterocycles. The van der Waals surface area contributed by atoms with Crippen molar-refractivity contribution in [1.82, 2.24) is 19.1 Å². The Hall–Kier alpha value is -2.91. The Balaban J connectivity index is 1.72. The molecule has 3 aromatic heterocycles. The van der Waals surface area contributed by atoms with E-state index >= 15 is 4.39 Å². The van der Waals surface area contributed by atoms with E-state index in [1.807, 2.05) is 6.92 Å². The molecule has 0 N–H and O–H groups in total. The Morgan fingerprint density at radius 1 is 1.16 bits per heavy atom. The molecule has 3 heterocycles. The van der Waals surface area contributed by atoms with Crippen molar-refractivity contribution in [2.75, 3.05) is 0 Å². The maximum atomic E-state index is 15.5. The maximum Gasteiger partial charge on any atom is 0.391 e. The lowest BCUT2D eigenvalue weighted by molar-refractivity contribution is -0.185. The monoisotopic (exact) mass is 452 g/mol. The minimum absolute atomic E-state index is 0.00474. The fourth-order valence-electron chi connectivity index (χ4n) is 4.40. The van der Waals surface area contributed by atoms with Crippen LogP contribution >= 0.6 is 0 Å². The van der Waals surface area contributed by atoms with E-state index < -0.39 is 24.0 Å². The van der Waals surface area contributed by atoms with E-state index in [0.29, 0.717) is 17.6 Å². The highest BCUT2D eigenvalue weighted by molar-refractivity contribution is 5.92. The van der Waals surface area contributed by atoms with Gasteiger partial charge < -0.3 is 13.9 Å². The van der Waals surface area contributed by atoms with Crippen LogP contribution in [0.5, 0.6) is 5.88 Å². The van der Waals surface area contributed by atoms with Gasteiger partial charge in [-0.3, -0.25) is 4.79 Å². The van der Waals surface area contributed by atoms with E-state index in [4.69, 9.17) is 4.74 Å². The summed E-state index contributed by atoms with van der Waals surface area (Å²) >= 11 is 0. The molecule has 3 aromatic rings. The largest absolute Gasteiger partial charge is 0.472 e. The summed E-state index contributed by atoms with van der Waals surface area (Å²) in [5, 5.41) is 0. The van der Waals surface area contributed by atoms with Gasteiger partial charge in [-0.15, -0.1) is 0 Å². The first-order valence-electron chi connectivity index (χ1n) is 10.6. The van der Waals surface area contributed by atoms with Crippen molar-refractivity contribution in [1.29, 1.82) is 0 Å². The summed E-state index contributed by atoms with van der Waals surface area (Å²) in [5.41, 5.74) is 1.50. The average Bonchev–Trinajstić information content (AvgIpc) is 3.06. The fraction of sp³-hybridized carbons (Fsp3) is 0.500. The quantitative estimate of drug-likeness (QED) is 0.536. The molecule has 1 aliphatic rings. The Bertz CT molecular complexity index is 1210. The standard InChI is InChI=1S/C22H24F4N4O2/c1-4-30-17(31)10-9-16-20(30)15(11-29(16)3)19-18(23)21(28-12(2)27-19)32-14-7-5-13(6-8-14)22(24,25)26/h9-11,13-14H,4-8H2,1-3H3. The number of hydrogen-bond acceptors (Lipinski definition) is 4. The molecule has 0 atom stereocenters. The SMILES string of the molecule is CCn1c(=O)ccc2c1c(-c1nc(C)nc(OC3CCC(C(F)(F)F)CC3)c1F)cn2C. The molecule has 10 heteroatoms. The van der Waals surface area contributed by atoms with Crippen LogP contribution in [-0.4, -0.2) is 31.4 Å². The zero-order valence-corrected chi connectivity index (χ0v) is 18.0. The van der Waals surface area contributed by atoms with Gasteiger partial charge in [-0.25, -0.2) is 4.98 Å². The van der Waals surface area contributed by atoms with E-state index in [9.17, 15) is 18.0 Å². The highest BCUT2D eigenvalue weighted by Gasteiger charge is 2.42. The highest BCUT2D eigenvalue weighted by Crippen LogP contribution is 2.39. The highest BCUT2D eigenvalue weighted by atomic mass is 19.4. The molecule has 0 saturated heterocycles. The van der Waals surface area contributed by atoms with Gasteiger partial charge in [0.15, 0.2) is 0 Å². The molecule has 0 aromatic carbocycles. The summed E-state index contributed by atoms with van der Waals surface area (Å²) in [4.78, 5) is 20.7. The molecule has 0 spiro atoms. The topological polar surface area (TPSA) is 61.9 Å². The molecule has 0 radical (unpaired) electrons. The van der Waals surface area contributed by atoms with Crippen LogP contribution in [0.2, 0.25) is 0 Å². The van der Waals surface area contributed by atoms with Crippen LogP contribution in [0.1, 0.15) is 38.4 Å². The van der Waals surface area contributed by atoms with Crippen molar-refractivity contribution in [2.45, 2.75) is 58.4 Å². The number of nitrogens with zero attached hydrogens (tertiary/aromatic N) is 4. The van der Waals surface area contributed by atoms with Gasteiger partial charge in [0.2, 0.25) is 5.82 Å². The van der Waals surface area contributed by atoms with Crippen LogP contribution in [0, 0.1) is 18.7 Å².